The van der Waals surface area contributed by atoms with Gasteiger partial charge in [-0.05, 0) is 32.4 Å². The van der Waals surface area contributed by atoms with Gasteiger partial charge in [-0.2, -0.15) is 0 Å². The Balaban J connectivity index is 2.22. The molecule has 0 aliphatic carbocycles. The van der Waals surface area contributed by atoms with Gasteiger partial charge in [-0.25, -0.2) is 0 Å². The zero-order chi connectivity index (χ0) is 17.9. The first kappa shape index (κ1) is 17.8. The average Bonchev–Trinajstić information content (AvgIpc) is 2.52. The second-order valence-electron chi connectivity index (χ2n) is 5.94. The van der Waals surface area contributed by atoms with Crippen LogP contribution in [0.5, 0.6) is 5.75 Å². The molecule has 1 aliphatic heterocycles. The van der Waals surface area contributed by atoms with E-state index in [1.54, 1.807) is 23.1 Å². The zero-order valence-electron chi connectivity index (χ0n) is 14.0. The summed E-state index contributed by atoms with van der Waals surface area (Å²) in [6.07, 6.45) is -0.309. The first-order valence-electron chi connectivity index (χ1n) is 7.99. The Kier molecular flexibility index (Phi) is 5.43. The Bertz CT molecular complexity index is 656. The molecule has 2 N–H and O–H groups in total. The van der Waals surface area contributed by atoms with Crippen molar-refractivity contribution in [1.29, 1.82) is 0 Å². The first-order valence-corrected chi connectivity index (χ1v) is 7.99. The molecule has 7 nitrogen and oxygen atoms in total. The van der Waals surface area contributed by atoms with Gasteiger partial charge in [0, 0.05) is 24.2 Å². The Hall–Kier alpha value is -2.57. The summed E-state index contributed by atoms with van der Waals surface area (Å²) < 4.78 is 5.76. The molecule has 1 aromatic rings. The monoisotopic (exact) mass is 334 g/mol. The van der Waals surface area contributed by atoms with Crippen molar-refractivity contribution in [3.05, 3.63) is 18.2 Å². The van der Waals surface area contributed by atoms with Gasteiger partial charge in [-0.3, -0.25) is 14.4 Å². The van der Waals surface area contributed by atoms with Crippen molar-refractivity contribution in [3.8, 4) is 5.75 Å². The highest BCUT2D eigenvalue weighted by Crippen LogP contribution is 2.38. The van der Waals surface area contributed by atoms with Gasteiger partial charge >= 0.3 is 5.97 Å². The number of anilines is 2. The largest absolute Gasteiger partial charge is 0.481 e. The molecule has 0 saturated heterocycles. The van der Waals surface area contributed by atoms with Crippen molar-refractivity contribution in [2.75, 3.05) is 10.2 Å². The van der Waals surface area contributed by atoms with E-state index >= 15 is 0 Å². The van der Waals surface area contributed by atoms with E-state index in [0.717, 1.165) is 0 Å². The van der Waals surface area contributed by atoms with Gasteiger partial charge < -0.3 is 20.1 Å². The molecule has 0 spiro atoms. The minimum atomic E-state index is -1.02. The minimum Gasteiger partial charge on any atom is -0.481 e. The summed E-state index contributed by atoms with van der Waals surface area (Å²) in [7, 11) is 0. The first-order chi connectivity index (χ1) is 11.3. The Morgan fingerprint density at radius 2 is 2.04 bits per heavy atom. The molecule has 2 rings (SSSR count). The highest BCUT2D eigenvalue weighted by molar-refractivity contribution is 6.01. The third-order valence-electron chi connectivity index (χ3n) is 3.74. The quantitative estimate of drug-likeness (QED) is 0.833. The molecule has 1 atom stereocenters. The van der Waals surface area contributed by atoms with E-state index in [2.05, 4.69) is 5.32 Å². The molecule has 0 bridgehead atoms. The summed E-state index contributed by atoms with van der Waals surface area (Å²) in [5.74, 6) is -0.933. The van der Waals surface area contributed by atoms with E-state index in [1.807, 2.05) is 20.8 Å². The van der Waals surface area contributed by atoms with Crippen molar-refractivity contribution >= 4 is 29.2 Å². The number of hydrogen-bond acceptors (Lipinski definition) is 4. The topological polar surface area (TPSA) is 95.9 Å². The van der Waals surface area contributed by atoms with Gasteiger partial charge in [0.25, 0.3) is 5.91 Å². The maximum Gasteiger partial charge on any atom is 0.303 e. The maximum absolute atomic E-state index is 12.4. The van der Waals surface area contributed by atoms with Crippen molar-refractivity contribution in [1.82, 2.24) is 0 Å². The fraction of sp³-hybridized carbons (Fsp3) is 0.471. The van der Waals surface area contributed by atoms with E-state index in [0.29, 0.717) is 23.5 Å². The Morgan fingerprint density at radius 1 is 1.33 bits per heavy atom. The number of rotatable bonds is 6. The molecule has 24 heavy (non-hydrogen) atoms. The van der Waals surface area contributed by atoms with E-state index < -0.39 is 12.1 Å². The summed E-state index contributed by atoms with van der Waals surface area (Å²) in [6.45, 7) is 5.74. The number of ether oxygens (including phenoxy) is 1. The number of carbonyl (C=O) groups is 3. The van der Waals surface area contributed by atoms with Crippen LogP contribution >= 0.6 is 0 Å². The number of nitrogens with one attached hydrogen (secondary N) is 1. The zero-order valence-corrected chi connectivity index (χ0v) is 14.0. The predicted octanol–water partition coefficient (Wildman–Crippen LogP) is 2.40. The summed E-state index contributed by atoms with van der Waals surface area (Å²) in [4.78, 5) is 36.4. The lowest BCUT2D eigenvalue weighted by Crippen LogP contribution is -2.48. The fourth-order valence-electron chi connectivity index (χ4n) is 2.60. The fourth-order valence-corrected chi connectivity index (χ4v) is 2.60. The normalized spacial score (nSPS) is 16.6. The number of carboxylic acids is 1. The SMILES string of the molecule is CCC1Oc2cc(NC(=O)CCC(=O)O)ccc2N(C(C)C)C1=O. The van der Waals surface area contributed by atoms with Crippen LogP contribution in [-0.2, 0) is 14.4 Å². The Morgan fingerprint density at radius 3 is 2.62 bits per heavy atom. The van der Waals surface area contributed by atoms with Crippen molar-refractivity contribution in [3.63, 3.8) is 0 Å². The van der Waals surface area contributed by atoms with Crippen molar-refractivity contribution in [2.45, 2.75) is 52.2 Å². The van der Waals surface area contributed by atoms with E-state index in [1.165, 1.54) is 0 Å². The standard InChI is InChI=1S/C17H22N2O5/c1-4-13-17(23)19(10(2)3)12-6-5-11(9-14(12)24-13)18-15(20)7-8-16(21)22/h5-6,9-10,13H,4,7-8H2,1-3H3,(H,18,20)(H,21,22). The number of aliphatic carboxylic acids is 1. The molecule has 0 aromatic heterocycles. The van der Waals surface area contributed by atoms with Gasteiger partial charge in [0.05, 0.1) is 12.1 Å². The second-order valence-corrected chi connectivity index (χ2v) is 5.94. The molecule has 1 heterocycles. The summed E-state index contributed by atoms with van der Waals surface area (Å²) in [6, 6.07) is 5.06. The number of fused-ring (bicyclic) bond motifs is 1. The average molecular weight is 334 g/mol. The van der Waals surface area contributed by atoms with Gasteiger partial charge in [0.2, 0.25) is 5.91 Å². The van der Waals surface area contributed by atoms with Crippen LogP contribution in [0, 0.1) is 0 Å². The smallest absolute Gasteiger partial charge is 0.303 e. The molecule has 0 saturated carbocycles. The summed E-state index contributed by atoms with van der Waals surface area (Å²) >= 11 is 0. The van der Waals surface area contributed by atoms with Crippen LogP contribution in [-0.4, -0.2) is 35.0 Å². The van der Waals surface area contributed by atoms with Gasteiger partial charge in [0.15, 0.2) is 6.10 Å². The highest BCUT2D eigenvalue weighted by Gasteiger charge is 2.34. The van der Waals surface area contributed by atoms with E-state index in [9.17, 15) is 14.4 Å². The minimum absolute atomic E-state index is 0.00907. The van der Waals surface area contributed by atoms with E-state index in [4.69, 9.17) is 9.84 Å². The third-order valence-corrected chi connectivity index (χ3v) is 3.74. The molecule has 0 radical (unpaired) electrons. The van der Waals surface area contributed by atoms with E-state index in [-0.39, 0.29) is 30.7 Å². The predicted molar refractivity (Wildman–Crippen MR) is 89.3 cm³/mol. The van der Waals surface area contributed by atoms with Crippen LogP contribution in [0.1, 0.15) is 40.0 Å². The molecule has 0 fully saturated rings. The molecule has 130 valence electrons. The van der Waals surface area contributed by atoms with Crippen molar-refractivity contribution < 1.29 is 24.2 Å². The van der Waals surface area contributed by atoms with Crippen LogP contribution < -0.4 is 15.0 Å². The highest BCUT2D eigenvalue weighted by atomic mass is 16.5. The van der Waals surface area contributed by atoms with Gasteiger partial charge in [-0.15, -0.1) is 0 Å². The molecular weight excluding hydrogens is 312 g/mol. The second kappa shape index (κ2) is 7.33. The lowest BCUT2D eigenvalue weighted by molar-refractivity contribution is -0.138. The maximum atomic E-state index is 12.4. The Labute approximate surface area is 140 Å². The van der Waals surface area contributed by atoms with Crippen LogP contribution in [0.4, 0.5) is 11.4 Å². The van der Waals surface area contributed by atoms with Gasteiger partial charge in [0.1, 0.15) is 5.75 Å². The molecule has 2 amide bonds. The number of carbonyl (C=O) groups excluding carboxylic acids is 2. The molecule has 7 heteroatoms. The molecule has 1 unspecified atom stereocenters. The number of nitrogens with zero attached hydrogens (tertiary/aromatic N) is 1. The van der Waals surface area contributed by atoms with Crippen LogP contribution in [0.15, 0.2) is 18.2 Å². The number of hydrogen-bond donors (Lipinski definition) is 2. The molecule has 1 aliphatic rings. The molecular formula is C17H22N2O5. The lowest BCUT2D eigenvalue weighted by atomic mass is 10.1. The summed E-state index contributed by atoms with van der Waals surface area (Å²) in [5, 5.41) is 11.3. The van der Waals surface area contributed by atoms with Crippen LogP contribution in [0.2, 0.25) is 0 Å². The van der Waals surface area contributed by atoms with Crippen molar-refractivity contribution in [2.24, 2.45) is 0 Å². The number of amides is 2. The number of carboxylic acid groups (broad SMARTS) is 1. The summed E-state index contributed by atoms with van der Waals surface area (Å²) in [5.41, 5.74) is 1.18. The van der Waals surface area contributed by atoms with Crippen LogP contribution in [0.3, 0.4) is 0 Å². The number of benzene rings is 1. The molecule has 1 aromatic carbocycles. The lowest BCUT2D eigenvalue weighted by Gasteiger charge is -2.36. The van der Waals surface area contributed by atoms with Gasteiger partial charge in [-0.1, -0.05) is 6.92 Å². The van der Waals surface area contributed by atoms with Crippen LogP contribution in [0.25, 0.3) is 0 Å². The third kappa shape index (κ3) is 3.84.